The monoisotopic (exact) mass is 782 g/mol. The van der Waals surface area contributed by atoms with Crippen molar-refractivity contribution in [3.63, 3.8) is 0 Å². The van der Waals surface area contributed by atoms with Crippen molar-refractivity contribution in [3.8, 4) is 0 Å². The van der Waals surface area contributed by atoms with Gasteiger partial charge in [-0.05, 0) is 0 Å². The summed E-state index contributed by atoms with van der Waals surface area (Å²) in [4.78, 5) is 62.8. The van der Waals surface area contributed by atoms with Crippen LogP contribution in [-0.4, -0.2) is 126 Å². The average Bonchev–Trinajstić information content (AvgIpc) is 2.96. The maximum Gasteiger partial charge on any atom is 2.00 e. The van der Waals surface area contributed by atoms with Crippen LogP contribution >= 0.6 is 15.9 Å². The third-order valence-electron chi connectivity index (χ3n) is 7.99. The van der Waals surface area contributed by atoms with Crippen molar-refractivity contribution in [3.05, 3.63) is 24.3 Å². The summed E-state index contributed by atoms with van der Waals surface area (Å²) in [5.41, 5.74) is 0. The molecule has 0 aromatic carbocycles. The Morgan fingerprint density at radius 1 is 0.298 bits per heavy atom. The van der Waals surface area contributed by atoms with Gasteiger partial charge in [-0.25, -0.2) is 0 Å². The third kappa shape index (κ3) is 65.2. The molecule has 0 radical (unpaired) electrons. The Balaban J connectivity index is -0.000000235. The first-order valence-corrected chi connectivity index (χ1v) is 22.5. The van der Waals surface area contributed by atoms with E-state index in [9.17, 15) is 29.4 Å². The number of unbranched alkanes of at least 4 members (excludes halogenated alkanes) is 24. The van der Waals surface area contributed by atoms with Gasteiger partial charge in [0.05, 0.1) is 0 Å². The van der Waals surface area contributed by atoms with Crippen molar-refractivity contribution in [2.24, 2.45) is 0 Å². The van der Waals surface area contributed by atoms with E-state index in [1.54, 1.807) is 0 Å². The third-order valence-corrected chi connectivity index (χ3v) is 9.92. The fraction of sp³-hybridized carbons (Fsp3) is 0.889. The van der Waals surface area contributed by atoms with E-state index < -0.39 is 15.9 Å². The van der Waals surface area contributed by atoms with Crippen molar-refractivity contribution < 1.29 is 29.4 Å². The van der Waals surface area contributed by atoms with E-state index in [0.29, 0.717) is 12.8 Å². The first-order chi connectivity index (χ1) is 21.1. The zero-order chi connectivity index (χ0) is 33.0. The Morgan fingerprint density at radius 2 is 0.489 bits per heavy atom. The van der Waals surface area contributed by atoms with Gasteiger partial charge in [-0.15, -0.1) is 0 Å². The second kappa shape index (κ2) is 47.9. The summed E-state index contributed by atoms with van der Waals surface area (Å²) in [6.45, 7) is 4.50. The molecule has 0 spiro atoms. The van der Waals surface area contributed by atoms with Crippen molar-refractivity contribution in [1.82, 2.24) is 0 Å². The molecule has 0 amide bonds. The van der Waals surface area contributed by atoms with E-state index in [1.807, 2.05) is 0 Å². The Kier molecular flexibility index (Phi) is 61.3. The molecule has 0 fully saturated rings. The second-order valence-corrected chi connectivity index (χ2v) is 16.5. The molecule has 0 aliphatic rings. The van der Waals surface area contributed by atoms with Gasteiger partial charge in [-0.3, -0.25) is 0 Å². The van der Waals surface area contributed by atoms with E-state index in [2.05, 4.69) is 38.2 Å². The van der Waals surface area contributed by atoms with Crippen LogP contribution in [0.2, 0.25) is 0 Å². The van der Waals surface area contributed by atoms with Crippen molar-refractivity contribution in [1.29, 1.82) is 0 Å². The van der Waals surface area contributed by atoms with E-state index in [1.165, 1.54) is 116 Å². The molecule has 0 aliphatic carbocycles. The predicted molar refractivity (Wildman–Crippen MR) is 203 cm³/mol. The molecule has 0 aromatic heterocycles. The van der Waals surface area contributed by atoms with Crippen LogP contribution in [0.15, 0.2) is 24.3 Å². The maximum absolute atomic E-state index is 10.5. The van der Waals surface area contributed by atoms with Gasteiger partial charge >= 0.3 is 311 Å². The molecule has 0 N–H and O–H groups in total. The summed E-state index contributed by atoms with van der Waals surface area (Å²) < 4.78 is 0. The van der Waals surface area contributed by atoms with Crippen molar-refractivity contribution in [2.75, 3.05) is 12.3 Å². The standard InChI is InChI=1S/2C18H36O3P.3Ca/c2*1-2-3-4-5-6-7-8-9-10-11-12-13-14-15-16-17-18-22(19,20)21;;;/h2*9-10,22H,2-8,11-18H2,1H3;;;/q2*-3;3*+2. The molecule has 0 saturated heterocycles. The quantitative estimate of drug-likeness (QED) is 0.0352. The first-order valence-electron chi connectivity index (χ1n) is 18.6. The topological polar surface area (TPSA) is 138 Å². The van der Waals surface area contributed by atoms with Crippen LogP contribution < -0.4 is 29.4 Å². The largest absolute Gasteiger partial charge is 2.00 e. The van der Waals surface area contributed by atoms with Crippen LogP contribution in [0.4, 0.5) is 0 Å². The van der Waals surface area contributed by atoms with Crippen LogP contribution in [0.5, 0.6) is 0 Å². The Bertz CT molecular complexity index is 567. The summed E-state index contributed by atoms with van der Waals surface area (Å²) in [6, 6.07) is 0. The fourth-order valence-electron chi connectivity index (χ4n) is 5.18. The number of rotatable bonds is 32. The molecular weight excluding hydrogens is 711 g/mol. The van der Waals surface area contributed by atoms with E-state index in [0.717, 1.165) is 51.4 Å². The maximum atomic E-state index is 10.5. The minimum Gasteiger partial charge on any atom is 2.00 e. The minimum absolute atomic E-state index is 0. The molecule has 6 nitrogen and oxygen atoms in total. The van der Waals surface area contributed by atoms with Crippen LogP contribution in [0.1, 0.15) is 194 Å². The summed E-state index contributed by atoms with van der Waals surface area (Å²) in [5.74, 6) is 0. The molecule has 0 aromatic rings. The zero-order valence-electron chi connectivity index (χ0n) is 31.1. The fourth-order valence-corrected chi connectivity index (χ4v) is 6.54. The molecule has 0 unspecified atom stereocenters. The Hall–Kier alpha value is 3.88. The van der Waals surface area contributed by atoms with Crippen LogP contribution in [0.25, 0.3) is 0 Å². The SMILES string of the molecule is CCCCCCCCC=CCCCCCCCC[PH]([O-])([O-])[O-].CCCCCCCCC=CCCCCCCCC[PH]([O-])([O-])[O-].[Ca+2].[Ca+2].[Ca+2]. The van der Waals surface area contributed by atoms with Crippen molar-refractivity contribution in [2.45, 2.75) is 194 Å². The normalized spacial score (nSPS) is 12.3. The molecule has 0 rings (SSSR count). The summed E-state index contributed by atoms with van der Waals surface area (Å²) in [7, 11) is -9.05. The average molecular weight is 783 g/mol. The van der Waals surface area contributed by atoms with Crippen LogP contribution in [-0.2, 0) is 0 Å². The van der Waals surface area contributed by atoms with E-state index >= 15 is 0 Å². The smallest absolute Gasteiger partial charge is 2.00 e. The van der Waals surface area contributed by atoms with Gasteiger partial charge in [0.2, 0.25) is 0 Å². The summed E-state index contributed by atoms with van der Waals surface area (Å²) in [6.07, 6.45) is 42.1. The molecule has 0 atom stereocenters. The first kappa shape index (κ1) is 60.1. The van der Waals surface area contributed by atoms with Crippen LogP contribution in [0, 0.1) is 0 Å². The van der Waals surface area contributed by atoms with Crippen LogP contribution in [0.3, 0.4) is 0 Å². The predicted octanol–water partition coefficient (Wildman–Crippen LogP) is 6.06. The van der Waals surface area contributed by atoms with Gasteiger partial charge in [0.25, 0.3) is 0 Å². The van der Waals surface area contributed by atoms with Gasteiger partial charge in [-0.1, -0.05) is 78.1 Å². The molecular formula is C36H72Ca3O6P2. The summed E-state index contributed by atoms with van der Waals surface area (Å²) in [5, 5.41) is 0. The van der Waals surface area contributed by atoms with Gasteiger partial charge in [0, 0.05) is 0 Å². The molecule has 0 aliphatic heterocycles. The van der Waals surface area contributed by atoms with E-state index in [-0.39, 0.29) is 126 Å². The van der Waals surface area contributed by atoms with E-state index in [4.69, 9.17) is 0 Å². The molecule has 0 heterocycles. The molecule has 0 bridgehead atoms. The zero-order valence-corrected chi connectivity index (χ0v) is 39.7. The molecule has 47 heavy (non-hydrogen) atoms. The number of hydrogen-bond acceptors (Lipinski definition) is 6. The molecule has 11 heteroatoms. The Morgan fingerprint density at radius 3 is 0.702 bits per heavy atom. The van der Waals surface area contributed by atoms with Crippen molar-refractivity contribution >= 4 is 129 Å². The Labute approximate surface area is 383 Å². The van der Waals surface area contributed by atoms with Gasteiger partial charge in [0.1, 0.15) is 0 Å². The molecule has 0 saturated carbocycles. The van der Waals surface area contributed by atoms with Gasteiger partial charge in [-0.2, -0.15) is 0 Å². The van der Waals surface area contributed by atoms with Gasteiger partial charge in [0.15, 0.2) is 0 Å². The number of allylic oxidation sites excluding steroid dienone is 4. The summed E-state index contributed by atoms with van der Waals surface area (Å²) >= 11 is 0. The van der Waals surface area contributed by atoms with Gasteiger partial charge < -0.3 is 0 Å². The molecule has 268 valence electrons. The minimum atomic E-state index is -4.52. The number of hydrogen-bond donors (Lipinski definition) is 0. The second-order valence-electron chi connectivity index (χ2n) is 12.7.